The highest BCUT2D eigenvalue weighted by molar-refractivity contribution is 7.07. The highest BCUT2D eigenvalue weighted by Gasteiger charge is 1.97. The second-order valence-corrected chi connectivity index (χ2v) is 3.16. The van der Waals surface area contributed by atoms with Gasteiger partial charge < -0.3 is 5.11 Å². The van der Waals surface area contributed by atoms with Crippen LogP contribution in [-0.2, 0) is 0 Å². The number of carboxylic acid groups (broad SMARTS) is 1. The van der Waals surface area contributed by atoms with E-state index >= 15 is 0 Å². The van der Waals surface area contributed by atoms with Crippen LogP contribution >= 0.6 is 11.3 Å². The fourth-order valence-electron chi connectivity index (χ4n) is 0.716. The van der Waals surface area contributed by atoms with Crippen molar-refractivity contribution in [3.05, 3.63) is 53.0 Å². The first kappa shape index (κ1) is 10.4. The molecule has 72 valence electrons. The Bertz CT molecular complexity index is 342. The number of thiophene rings is 1. The molecular weight excluding hydrogens is 198 g/mol. The molecule has 3 nitrogen and oxygen atoms in total. The lowest BCUT2D eigenvalue weighted by molar-refractivity contribution is 0.0696. The molecule has 2 aromatic heterocycles. The Morgan fingerprint density at radius 2 is 2.00 bits per heavy atom. The van der Waals surface area contributed by atoms with E-state index in [9.17, 15) is 4.79 Å². The maximum atomic E-state index is 10.2. The average molecular weight is 207 g/mol. The fourth-order valence-corrected chi connectivity index (χ4v) is 1.17. The van der Waals surface area contributed by atoms with E-state index in [1.807, 2.05) is 22.9 Å². The summed E-state index contributed by atoms with van der Waals surface area (Å²) in [6.45, 7) is 0. The van der Waals surface area contributed by atoms with E-state index in [2.05, 4.69) is 4.98 Å². The molecule has 0 amide bonds. The minimum absolute atomic E-state index is 0.220. The van der Waals surface area contributed by atoms with Gasteiger partial charge in [0.05, 0.1) is 5.56 Å². The van der Waals surface area contributed by atoms with Crippen molar-refractivity contribution in [1.82, 2.24) is 4.98 Å². The molecular formula is C10H9NO2S. The maximum absolute atomic E-state index is 10.2. The molecule has 4 heteroatoms. The van der Waals surface area contributed by atoms with Crippen molar-refractivity contribution < 1.29 is 9.90 Å². The van der Waals surface area contributed by atoms with E-state index in [1.165, 1.54) is 18.5 Å². The lowest BCUT2D eigenvalue weighted by Crippen LogP contribution is -1.94. The van der Waals surface area contributed by atoms with Crippen LogP contribution in [0.1, 0.15) is 10.4 Å². The van der Waals surface area contributed by atoms with Crippen LogP contribution in [0.15, 0.2) is 47.4 Å². The van der Waals surface area contributed by atoms with E-state index in [0.717, 1.165) is 0 Å². The van der Waals surface area contributed by atoms with Crippen LogP contribution in [0.2, 0.25) is 0 Å². The van der Waals surface area contributed by atoms with Gasteiger partial charge >= 0.3 is 5.97 Å². The average Bonchev–Trinajstić information content (AvgIpc) is 2.77. The number of aromatic carboxylic acids is 1. The number of pyridine rings is 1. The van der Waals surface area contributed by atoms with Crippen LogP contribution in [0.25, 0.3) is 0 Å². The summed E-state index contributed by atoms with van der Waals surface area (Å²) >= 11 is 1.71. The molecule has 2 rings (SSSR count). The molecule has 0 saturated carbocycles. The van der Waals surface area contributed by atoms with Crippen molar-refractivity contribution in [3.63, 3.8) is 0 Å². The quantitative estimate of drug-likeness (QED) is 0.781. The van der Waals surface area contributed by atoms with Gasteiger partial charge in [-0.3, -0.25) is 4.98 Å². The van der Waals surface area contributed by atoms with Crippen molar-refractivity contribution in [3.8, 4) is 0 Å². The SMILES string of the molecule is O=C(O)c1cccnc1.c1ccsc1. The number of hydrogen-bond donors (Lipinski definition) is 1. The Kier molecular flexibility index (Phi) is 4.37. The van der Waals surface area contributed by atoms with Gasteiger partial charge in [0.25, 0.3) is 0 Å². The zero-order valence-corrected chi connectivity index (χ0v) is 8.15. The second kappa shape index (κ2) is 5.88. The van der Waals surface area contributed by atoms with Crippen LogP contribution in [0.4, 0.5) is 0 Å². The summed E-state index contributed by atoms with van der Waals surface area (Å²) in [7, 11) is 0. The Hall–Kier alpha value is -1.68. The van der Waals surface area contributed by atoms with Crippen molar-refractivity contribution in [2.24, 2.45) is 0 Å². The summed E-state index contributed by atoms with van der Waals surface area (Å²) in [5.41, 5.74) is 0.220. The summed E-state index contributed by atoms with van der Waals surface area (Å²) in [6, 6.07) is 7.12. The Labute approximate surface area is 85.7 Å². The maximum Gasteiger partial charge on any atom is 0.337 e. The molecule has 14 heavy (non-hydrogen) atoms. The van der Waals surface area contributed by atoms with E-state index < -0.39 is 5.97 Å². The third-order valence-electron chi connectivity index (χ3n) is 1.33. The highest BCUT2D eigenvalue weighted by Crippen LogP contribution is 1.93. The van der Waals surface area contributed by atoms with E-state index in [0.29, 0.717) is 0 Å². The number of nitrogens with zero attached hydrogens (tertiary/aromatic N) is 1. The smallest absolute Gasteiger partial charge is 0.337 e. The zero-order valence-electron chi connectivity index (χ0n) is 7.33. The molecule has 2 aromatic rings. The summed E-state index contributed by atoms with van der Waals surface area (Å²) in [5, 5.41) is 12.4. The number of carbonyl (C=O) groups is 1. The van der Waals surface area contributed by atoms with Crippen molar-refractivity contribution >= 4 is 17.3 Å². The molecule has 0 bridgehead atoms. The molecule has 0 spiro atoms. The first-order valence-corrected chi connectivity index (χ1v) is 4.85. The van der Waals surface area contributed by atoms with Crippen molar-refractivity contribution in [1.29, 1.82) is 0 Å². The fraction of sp³-hybridized carbons (Fsp3) is 0. The van der Waals surface area contributed by atoms with Gasteiger partial charge in [0.2, 0.25) is 0 Å². The molecule has 0 atom stereocenters. The molecule has 0 aliphatic carbocycles. The van der Waals surface area contributed by atoms with Crippen LogP contribution < -0.4 is 0 Å². The monoisotopic (exact) mass is 207 g/mol. The molecule has 0 fully saturated rings. The molecule has 0 aromatic carbocycles. The number of hydrogen-bond acceptors (Lipinski definition) is 3. The van der Waals surface area contributed by atoms with Crippen LogP contribution in [0.5, 0.6) is 0 Å². The molecule has 0 aliphatic heterocycles. The topological polar surface area (TPSA) is 50.2 Å². The molecule has 0 aliphatic rings. The lowest BCUT2D eigenvalue weighted by atomic mass is 10.3. The summed E-state index contributed by atoms with van der Waals surface area (Å²) in [4.78, 5) is 13.8. The minimum atomic E-state index is -0.942. The van der Waals surface area contributed by atoms with Gasteiger partial charge in [-0.2, -0.15) is 11.3 Å². The standard InChI is InChI=1S/C6H5NO2.C4H4S/c8-6(9)5-2-1-3-7-4-5;1-2-4-5-3-1/h1-4H,(H,8,9);1-4H. The highest BCUT2D eigenvalue weighted by atomic mass is 32.1. The van der Waals surface area contributed by atoms with Gasteiger partial charge in [0.1, 0.15) is 0 Å². The molecule has 0 saturated heterocycles. The van der Waals surface area contributed by atoms with Crippen molar-refractivity contribution in [2.45, 2.75) is 0 Å². The summed E-state index contributed by atoms with van der Waals surface area (Å²) in [5.74, 6) is -0.942. The third kappa shape index (κ3) is 3.82. The Morgan fingerprint density at radius 3 is 2.29 bits per heavy atom. The van der Waals surface area contributed by atoms with E-state index in [-0.39, 0.29) is 5.56 Å². The lowest BCUT2D eigenvalue weighted by Gasteiger charge is -1.87. The zero-order chi connectivity index (χ0) is 10.2. The van der Waals surface area contributed by atoms with Gasteiger partial charge in [-0.1, -0.05) is 12.1 Å². The van der Waals surface area contributed by atoms with Crippen molar-refractivity contribution in [2.75, 3.05) is 0 Å². The van der Waals surface area contributed by atoms with Crippen LogP contribution in [-0.4, -0.2) is 16.1 Å². The van der Waals surface area contributed by atoms with Gasteiger partial charge in [0.15, 0.2) is 0 Å². The van der Waals surface area contributed by atoms with Gasteiger partial charge in [-0.05, 0) is 22.9 Å². The number of aromatic nitrogens is 1. The predicted molar refractivity (Wildman–Crippen MR) is 55.5 cm³/mol. The molecule has 2 heterocycles. The predicted octanol–water partition coefficient (Wildman–Crippen LogP) is 2.53. The third-order valence-corrected chi connectivity index (χ3v) is 1.96. The number of carboxylic acids is 1. The van der Waals surface area contributed by atoms with E-state index in [4.69, 9.17) is 5.11 Å². The second-order valence-electron chi connectivity index (χ2n) is 2.34. The largest absolute Gasteiger partial charge is 0.478 e. The Balaban J connectivity index is 0.000000165. The minimum Gasteiger partial charge on any atom is -0.478 e. The first-order chi connectivity index (χ1) is 6.80. The summed E-state index contributed by atoms with van der Waals surface area (Å²) in [6.07, 6.45) is 2.84. The van der Waals surface area contributed by atoms with Gasteiger partial charge in [-0.15, -0.1) is 0 Å². The van der Waals surface area contributed by atoms with Crippen LogP contribution in [0.3, 0.4) is 0 Å². The molecule has 0 unspecified atom stereocenters. The van der Waals surface area contributed by atoms with E-state index in [1.54, 1.807) is 17.4 Å². The Morgan fingerprint density at radius 1 is 1.29 bits per heavy atom. The normalized spacial score (nSPS) is 8.57. The number of rotatable bonds is 1. The summed E-state index contributed by atoms with van der Waals surface area (Å²) < 4.78 is 0. The molecule has 1 N–H and O–H groups in total. The van der Waals surface area contributed by atoms with Crippen LogP contribution in [0, 0.1) is 0 Å². The van der Waals surface area contributed by atoms with Gasteiger partial charge in [-0.25, -0.2) is 4.79 Å². The molecule has 0 radical (unpaired) electrons. The first-order valence-electron chi connectivity index (χ1n) is 3.91. The van der Waals surface area contributed by atoms with Gasteiger partial charge in [0, 0.05) is 12.4 Å².